The largest absolute Gasteiger partial charge is 0.315 e. The summed E-state index contributed by atoms with van der Waals surface area (Å²) in [5.41, 5.74) is 0.0449. The smallest absolute Gasteiger partial charge is 0.258 e. The van der Waals surface area contributed by atoms with Gasteiger partial charge in [-0.05, 0) is 36.8 Å². The molecule has 1 atom stereocenters. The van der Waals surface area contributed by atoms with E-state index < -0.39 is 0 Å². The normalized spacial score (nSPS) is 19.2. The SMILES string of the molecule is O=C1CCCC1CCn1ccc2ccccc2c1=O. The fourth-order valence-corrected chi connectivity index (χ4v) is 2.89. The van der Waals surface area contributed by atoms with E-state index in [1.54, 1.807) is 4.57 Å². The number of aryl methyl sites for hydroxylation is 1. The van der Waals surface area contributed by atoms with Crippen molar-refractivity contribution in [1.82, 2.24) is 4.57 Å². The number of rotatable bonds is 3. The molecule has 19 heavy (non-hydrogen) atoms. The molecule has 1 aromatic carbocycles. The topological polar surface area (TPSA) is 39.1 Å². The van der Waals surface area contributed by atoms with Gasteiger partial charge in [-0.25, -0.2) is 0 Å². The Balaban J connectivity index is 1.83. The molecule has 1 aromatic heterocycles. The van der Waals surface area contributed by atoms with Crippen molar-refractivity contribution in [3.05, 3.63) is 46.9 Å². The second kappa shape index (κ2) is 5.00. The van der Waals surface area contributed by atoms with Crippen LogP contribution in [0.3, 0.4) is 0 Å². The van der Waals surface area contributed by atoms with Gasteiger partial charge in [0, 0.05) is 30.5 Å². The quantitative estimate of drug-likeness (QED) is 0.846. The van der Waals surface area contributed by atoms with E-state index >= 15 is 0 Å². The number of aromatic nitrogens is 1. The van der Waals surface area contributed by atoms with Gasteiger partial charge in [0.05, 0.1) is 0 Å². The summed E-state index contributed by atoms with van der Waals surface area (Å²) in [6.45, 7) is 0.639. The Morgan fingerprint density at radius 2 is 2.00 bits per heavy atom. The number of carbonyl (C=O) groups excluding carboxylic acids is 1. The van der Waals surface area contributed by atoms with Crippen LogP contribution >= 0.6 is 0 Å². The van der Waals surface area contributed by atoms with Gasteiger partial charge in [-0.2, -0.15) is 0 Å². The number of hydrogen-bond acceptors (Lipinski definition) is 2. The van der Waals surface area contributed by atoms with Gasteiger partial charge >= 0.3 is 0 Å². The zero-order valence-electron chi connectivity index (χ0n) is 10.8. The van der Waals surface area contributed by atoms with Crippen LogP contribution < -0.4 is 5.56 Å². The van der Waals surface area contributed by atoms with Crippen LogP contribution in [-0.2, 0) is 11.3 Å². The first-order valence-electron chi connectivity index (χ1n) is 6.86. The highest BCUT2D eigenvalue weighted by molar-refractivity contribution is 5.83. The molecule has 1 aliphatic carbocycles. The molecule has 1 heterocycles. The zero-order valence-corrected chi connectivity index (χ0v) is 10.8. The number of nitrogens with zero attached hydrogens (tertiary/aromatic N) is 1. The molecule has 0 bridgehead atoms. The number of carbonyl (C=O) groups is 1. The molecule has 0 radical (unpaired) electrons. The molecule has 0 spiro atoms. The van der Waals surface area contributed by atoms with E-state index in [9.17, 15) is 9.59 Å². The predicted octanol–water partition coefficient (Wildman–Crippen LogP) is 2.76. The minimum absolute atomic E-state index is 0.0449. The number of fused-ring (bicyclic) bond motifs is 1. The monoisotopic (exact) mass is 255 g/mol. The summed E-state index contributed by atoms with van der Waals surface area (Å²) < 4.78 is 1.73. The zero-order chi connectivity index (χ0) is 13.2. The fraction of sp³-hybridized carbons (Fsp3) is 0.375. The van der Waals surface area contributed by atoms with Crippen LogP contribution in [0.2, 0.25) is 0 Å². The van der Waals surface area contributed by atoms with Crippen molar-refractivity contribution < 1.29 is 4.79 Å². The highest BCUT2D eigenvalue weighted by Crippen LogP contribution is 2.24. The van der Waals surface area contributed by atoms with Crippen LogP contribution in [0, 0.1) is 5.92 Å². The molecule has 3 heteroatoms. The number of ketones is 1. The minimum atomic E-state index is 0.0449. The second-order valence-corrected chi connectivity index (χ2v) is 5.25. The van der Waals surface area contributed by atoms with E-state index in [1.807, 2.05) is 36.5 Å². The second-order valence-electron chi connectivity index (χ2n) is 5.25. The Morgan fingerprint density at radius 3 is 2.79 bits per heavy atom. The maximum atomic E-state index is 12.3. The van der Waals surface area contributed by atoms with Crippen molar-refractivity contribution in [3.63, 3.8) is 0 Å². The predicted molar refractivity (Wildman–Crippen MR) is 75.2 cm³/mol. The lowest BCUT2D eigenvalue weighted by Gasteiger charge is -2.10. The number of hydrogen-bond donors (Lipinski definition) is 0. The lowest BCUT2D eigenvalue weighted by molar-refractivity contribution is -0.120. The lowest BCUT2D eigenvalue weighted by Crippen LogP contribution is -2.21. The summed E-state index contributed by atoms with van der Waals surface area (Å²) in [4.78, 5) is 23.9. The Morgan fingerprint density at radius 1 is 1.16 bits per heavy atom. The van der Waals surface area contributed by atoms with E-state index in [4.69, 9.17) is 0 Å². The Kier molecular flexibility index (Phi) is 3.20. The van der Waals surface area contributed by atoms with Gasteiger partial charge < -0.3 is 4.57 Å². The summed E-state index contributed by atoms with van der Waals surface area (Å²) in [5, 5.41) is 1.73. The molecule has 0 N–H and O–H groups in total. The molecule has 1 fully saturated rings. The average molecular weight is 255 g/mol. The molecule has 3 rings (SSSR count). The summed E-state index contributed by atoms with van der Waals surface area (Å²) >= 11 is 0. The highest BCUT2D eigenvalue weighted by atomic mass is 16.1. The van der Waals surface area contributed by atoms with Gasteiger partial charge in [0.25, 0.3) is 5.56 Å². The molecule has 0 aliphatic heterocycles. The molecule has 0 saturated heterocycles. The molecule has 0 amide bonds. The Hall–Kier alpha value is -1.90. The van der Waals surface area contributed by atoms with Crippen LogP contribution in [0.1, 0.15) is 25.7 Å². The van der Waals surface area contributed by atoms with E-state index in [-0.39, 0.29) is 11.5 Å². The van der Waals surface area contributed by atoms with Crippen molar-refractivity contribution in [2.45, 2.75) is 32.2 Å². The number of Topliss-reactive ketones (excluding diaryl/α,β-unsaturated/α-hetero) is 1. The number of benzene rings is 1. The standard InChI is InChI=1S/C16H17NO2/c18-15-7-3-5-13(15)9-11-17-10-8-12-4-1-2-6-14(12)16(17)19/h1-2,4,6,8,10,13H,3,5,7,9,11H2. The van der Waals surface area contributed by atoms with Crippen molar-refractivity contribution in [3.8, 4) is 0 Å². The summed E-state index contributed by atoms with van der Waals surface area (Å²) in [6.07, 6.45) is 5.34. The lowest BCUT2D eigenvalue weighted by atomic mass is 10.0. The third-order valence-electron chi connectivity index (χ3n) is 4.04. The molecular formula is C16H17NO2. The van der Waals surface area contributed by atoms with Gasteiger partial charge in [0.15, 0.2) is 0 Å². The third kappa shape index (κ3) is 2.33. The fourth-order valence-electron chi connectivity index (χ4n) is 2.89. The van der Waals surface area contributed by atoms with E-state index in [2.05, 4.69) is 0 Å². The van der Waals surface area contributed by atoms with Crippen molar-refractivity contribution in [1.29, 1.82) is 0 Å². The Labute approximate surface area is 111 Å². The van der Waals surface area contributed by atoms with Crippen LogP contribution in [0.25, 0.3) is 10.8 Å². The first kappa shape index (κ1) is 12.2. The van der Waals surface area contributed by atoms with E-state index in [0.29, 0.717) is 12.3 Å². The molecular weight excluding hydrogens is 238 g/mol. The van der Waals surface area contributed by atoms with Gasteiger partial charge in [-0.1, -0.05) is 18.2 Å². The summed E-state index contributed by atoms with van der Waals surface area (Å²) in [6, 6.07) is 9.58. The molecule has 1 unspecified atom stereocenters. The molecule has 3 nitrogen and oxygen atoms in total. The van der Waals surface area contributed by atoms with E-state index in [1.165, 1.54) is 0 Å². The first-order valence-corrected chi connectivity index (χ1v) is 6.86. The van der Waals surface area contributed by atoms with Crippen molar-refractivity contribution in [2.75, 3.05) is 0 Å². The Bertz CT molecular complexity index is 672. The summed E-state index contributed by atoms with van der Waals surface area (Å²) in [7, 11) is 0. The maximum Gasteiger partial charge on any atom is 0.258 e. The van der Waals surface area contributed by atoms with Crippen molar-refractivity contribution in [2.24, 2.45) is 5.92 Å². The van der Waals surface area contributed by atoms with Crippen molar-refractivity contribution >= 4 is 16.6 Å². The van der Waals surface area contributed by atoms with E-state index in [0.717, 1.165) is 36.5 Å². The van der Waals surface area contributed by atoms with Gasteiger partial charge in [-0.15, -0.1) is 0 Å². The molecule has 2 aromatic rings. The molecule has 1 saturated carbocycles. The number of pyridine rings is 1. The van der Waals surface area contributed by atoms with Crippen LogP contribution in [0.15, 0.2) is 41.3 Å². The van der Waals surface area contributed by atoms with Crippen LogP contribution in [0.4, 0.5) is 0 Å². The first-order chi connectivity index (χ1) is 9.25. The van der Waals surface area contributed by atoms with Crippen LogP contribution in [-0.4, -0.2) is 10.4 Å². The van der Waals surface area contributed by atoms with Crippen LogP contribution in [0.5, 0.6) is 0 Å². The maximum absolute atomic E-state index is 12.3. The van der Waals surface area contributed by atoms with Gasteiger partial charge in [0.1, 0.15) is 5.78 Å². The summed E-state index contributed by atoms with van der Waals surface area (Å²) in [5.74, 6) is 0.534. The average Bonchev–Trinajstić information content (AvgIpc) is 2.84. The highest BCUT2D eigenvalue weighted by Gasteiger charge is 2.23. The third-order valence-corrected chi connectivity index (χ3v) is 4.04. The van der Waals surface area contributed by atoms with Gasteiger partial charge in [0.2, 0.25) is 0 Å². The molecule has 98 valence electrons. The minimum Gasteiger partial charge on any atom is -0.315 e. The van der Waals surface area contributed by atoms with Gasteiger partial charge in [-0.3, -0.25) is 9.59 Å². The molecule has 1 aliphatic rings.